The Kier molecular flexibility index (Phi) is 11.0. The molecule has 0 fully saturated rings. The lowest BCUT2D eigenvalue weighted by molar-refractivity contribution is 0.336. The summed E-state index contributed by atoms with van der Waals surface area (Å²) in [5.74, 6) is 1.56. The third-order valence-electron chi connectivity index (χ3n) is 3.98. The number of para-hydroxylation sites is 1. The van der Waals surface area contributed by atoms with Crippen LogP contribution >= 0.6 is 24.0 Å². The van der Waals surface area contributed by atoms with E-state index >= 15 is 0 Å². The van der Waals surface area contributed by atoms with Crippen LogP contribution in [0.25, 0.3) is 0 Å². The molecule has 0 atom stereocenters. The van der Waals surface area contributed by atoms with Gasteiger partial charge in [-0.05, 0) is 44.0 Å². The number of benzene rings is 2. The topological polar surface area (TPSA) is 106 Å². The van der Waals surface area contributed by atoms with Crippen LogP contribution in [0, 0.1) is 0 Å². The quantitative estimate of drug-likeness (QED) is 0.262. The molecule has 0 amide bonds. The van der Waals surface area contributed by atoms with Gasteiger partial charge in [-0.3, -0.25) is 0 Å². The summed E-state index contributed by atoms with van der Waals surface area (Å²) in [5.41, 5.74) is 2.04. The van der Waals surface area contributed by atoms with Crippen LogP contribution in [0.4, 0.5) is 0 Å². The Labute approximate surface area is 190 Å². The van der Waals surface area contributed by atoms with Crippen LogP contribution in [0.3, 0.4) is 0 Å². The minimum Gasteiger partial charge on any atom is -0.494 e. The number of aliphatic imine (C=N–C) groups is 1. The van der Waals surface area contributed by atoms with Gasteiger partial charge in [-0.1, -0.05) is 30.3 Å². The Bertz CT molecular complexity index is 887. The minimum absolute atomic E-state index is 0. The van der Waals surface area contributed by atoms with E-state index in [0.29, 0.717) is 19.7 Å². The second-order valence-electron chi connectivity index (χ2n) is 6.10. The van der Waals surface area contributed by atoms with Gasteiger partial charge in [0.2, 0.25) is 10.0 Å². The number of sulfonamides is 1. The van der Waals surface area contributed by atoms with E-state index in [1.807, 2.05) is 38.1 Å². The molecule has 0 radical (unpaired) electrons. The maximum atomic E-state index is 11.3. The Balaban J connectivity index is 0.00000420. The molecule has 29 heavy (non-hydrogen) atoms. The van der Waals surface area contributed by atoms with Crippen molar-refractivity contribution in [3.63, 3.8) is 0 Å². The Morgan fingerprint density at radius 1 is 1.07 bits per heavy atom. The molecule has 0 saturated carbocycles. The molecule has 4 N–H and O–H groups in total. The van der Waals surface area contributed by atoms with Crippen molar-refractivity contribution in [2.75, 3.05) is 19.7 Å². The third kappa shape index (κ3) is 8.58. The number of ether oxygens (including phenoxy) is 1. The summed E-state index contributed by atoms with van der Waals surface area (Å²) in [6.45, 7) is 6.51. The number of nitrogens with zero attached hydrogens (tertiary/aromatic N) is 1. The predicted octanol–water partition coefficient (Wildman–Crippen LogP) is 2.65. The highest BCUT2D eigenvalue weighted by atomic mass is 127. The Morgan fingerprint density at radius 2 is 1.76 bits per heavy atom. The number of hydrogen-bond acceptors (Lipinski definition) is 4. The molecule has 9 heteroatoms. The van der Waals surface area contributed by atoms with Crippen LogP contribution in [-0.2, 0) is 23.0 Å². The second kappa shape index (κ2) is 12.7. The lowest BCUT2D eigenvalue weighted by Gasteiger charge is -2.13. The van der Waals surface area contributed by atoms with Crippen LogP contribution < -0.4 is 20.5 Å². The van der Waals surface area contributed by atoms with Crippen molar-refractivity contribution in [1.82, 2.24) is 10.6 Å². The van der Waals surface area contributed by atoms with Gasteiger partial charge in [-0.2, -0.15) is 0 Å². The largest absolute Gasteiger partial charge is 0.494 e. The molecular formula is C20H29IN4O3S. The highest BCUT2D eigenvalue weighted by Crippen LogP contribution is 2.18. The molecule has 0 unspecified atom stereocenters. The molecule has 2 rings (SSSR count). The maximum Gasteiger partial charge on any atom is 0.238 e. The summed E-state index contributed by atoms with van der Waals surface area (Å²) in [6.07, 6.45) is 0.727. The molecule has 0 aliphatic heterocycles. The van der Waals surface area contributed by atoms with E-state index in [0.717, 1.165) is 35.8 Å². The molecule has 0 aliphatic carbocycles. The Morgan fingerprint density at radius 3 is 2.38 bits per heavy atom. The fraction of sp³-hybridized carbons (Fsp3) is 0.350. The van der Waals surface area contributed by atoms with Gasteiger partial charge in [0.15, 0.2) is 5.96 Å². The van der Waals surface area contributed by atoms with Gasteiger partial charge in [-0.15, -0.1) is 24.0 Å². The number of nitrogens with two attached hydrogens (primary N) is 1. The average molecular weight is 532 g/mol. The molecule has 2 aromatic carbocycles. The summed E-state index contributed by atoms with van der Waals surface area (Å²) >= 11 is 0. The standard InChI is InChI=1S/C20H28N4O3S.HI/c1-3-22-20(24-15-17-7-5-6-8-19(17)27-4-2)23-14-13-16-9-11-18(12-10-16)28(21,25)26;/h5-12H,3-4,13-15H2,1-2H3,(H2,21,25,26)(H2,22,23,24);1H. The van der Waals surface area contributed by atoms with E-state index < -0.39 is 10.0 Å². The number of nitrogens with one attached hydrogen (secondary N) is 2. The van der Waals surface area contributed by atoms with Gasteiger partial charge in [0, 0.05) is 18.7 Å². The summed E-state index contributed by atoms with van der Waals surface area (Å²) in [6, 6.07) is 14.4. The highest BCUT2D eigenvalue weighted by molar-refractivity contribution is 14.0. The molecule has 0 saturated heterocycles. The lowest BCUT2D eigenvalue weighted by atomic mass is 10.1. The van der Waals surface area contributed by atoms with Crippen molar-refractivity contribution >= 4 is 40.0 Å². The second-order valence-corrected chi connectivity index (χ2v) is 7.66. The van der Waals surface area contributed by atoms with Crippen molar-refractivity contribution in [3.05, 3.63) is 59.7 Å². The molecule has 2 aromatic rings. The molecule has 0 aliphatic rings. The number of hydrogen-bond donors (Lipinski definition) is 3. The van der Waals surface area contributed by atoms with Crippen LogP contribution in [0.1, 0.15) is 25.0 Å². The molecule has 0 spiro atoms. The van der Waals surface area contributed by atoms with Crippen LogP contribution in [-0.4, -0.2) is 34.1 Å². The maximum absolute atomic E-state index is 11.3. The SMILES string of the molecule is CCNC(=NCc1ccccc1OCC)NCCc1ccc(S(N)(=O)=O)cc1.I. The van der Waals surface area contributed by atoms with Crippen molar-refractivity contribution in [3.8, 4) is 5.75 Å². The normalized spacial score (nSPS) is 11.5. The minimum atomic E-state index is -3.66. The summed E-state index contributed by atoms with van der Waals surface area (Å²) in [4.78, 5) is 4.74. The van der Waals surface area contributed by atoms with E-state index in [1.165, 1.54) is 12.1 Å². The fourth-order valence-electron chi connectivity index (χ4n) is 2.61. The van der Waals surface area contributed by atoms with E-state index in [1.54, 1.807) is 12.1 Å². The van der Waals surface area contributed by atoms with Gasteiger partial charge in [0.25, 0.3) is 0 Å². The number of halogens is 1. The zero-order valence-electron chi connectivity index (χ0n) is 16.7. The van der Waals surface area contributed by atoms with E-state index in [-0.39, 0.29) is 28.9 Å². The first-order valence-electron chi connectivity index (χ1n) is 9.28. The summed E-state index contributed by atoms with van der Waals surface area (Å²) in [7, 11) is -3.66. The molecule has 0 heterocycles. The van der Waals surface area contributed by atoms with E-state index in [2.05, 4.69) is 15.6 Å². The molecular weight excluding hydrogens is 503 g/mol. The predicted molar refractivity (Wildman–Crippen MR) is 127 cm³/mol. The first-order valence-corrected chi connectivity index (χ1v) is 10.8. The molecule has 160 valence electrons. The van der Waals surface area contributed by atoms with Crippen LogP contribution in [0.2, 0.25) is 0 Å². The van der Waals surface area contributed by atoms with Crippen LogP contribution in [0.5, 0.6) is 5.75 Å². The number of primary sulfonamides is 1. The Hall–Kier alpha value is -1.85. The van der Waals surface area contributed by atoms with Gasteiger partial charge >= 0.3 is 0 Å². The van der Waals surface area contributed by atoms with Gasteiger partial charge < -0.3 is 15.4 Å². The van der Waals surface area contributed by atoms with Crippen molar-refractivity contribution < 1.29 is 13.2 Å². The summed E-state index contributed by atoms with van der Waals surface area (Å²) < 4.78 is 28.3. The fourth-order valence-corrected chi connectivity index (χ4v) is 3.12. The number of guanidine groups is 1. The first kappa shape index (κ1) is 25.2. The van der Waals surface area contributed by atoms with Gasteiger partial charge in [-0.25, -0.2) is 18.5 Å². The third-order valence-corrected chi connectivity index (χ3v) is 4.91. The highest BCUT2D eigenvalue weighted by Gasteiger charge is 2.07. The van der Waals surface area contributed by atoms with Crippen molar-refractivity contribution in [2.24, 2.45) is 10.1 Å². The van der Waals surface area contributed by atoms with Gasteiger partial charge in [0.1, 0.15) is 5.75 Å². The molecule has 0 bridgehead atoms. The lowest BCUT2D eigenvalue weighted by Crippen LogP contribution is -2.38. The van der Waals surface area contributed by atoms with Crippen molar-refractivity contribution in [1.29, 1.82) is 0 Å². The zero-order chi connectivity index (χ0) is 20.4. The van der Waals surface area contributed by atoms with Crippen LogP contribution in [0.15, 0.2) is 58.4 Å². The smallest absolute Gasteiger partial charge is 0.238 e. The molecule has 7 nitrogen and oxygen atoms in total. The van der Waals surface area contributed by atoms with Gasteiger partial charge in [0.05, 0.1) is 18.0 Å². The molecule has 0 aromatic heterocycles. The van der Waals surface area contributed by atoms with Crippen molar-refractivity contribution in [2.45, 2.75) is 31.7 Å². The zero-order valence-corrected chi connectivity index (χ0v) is 19.9. The average Bonchev–Trinajstić information content (AvgIpc) is 2.67. The van der Waals surface area contributed by atoms with E-state index in [9.17, 15) is 8.42 Å². The van der Waals surface area contributed by atoms with E-state index in [4.69, 9.17) is 9.88 Å². The number of rotatable bonds is 9. The summed E-state index contributed by atoms with van der Waals surface area (Å²) in [5, 5.41) is 11.6. The monoisotopic (exact) mass is 532 g/mol. The first-order chi connectivity index (χ1) is 13.4.